The lowest BCUT2D eigenvalue weighted by atomic mass is 10.0. The van der Waals surface area contributed by atoms with Crippen LogP contribution in [-0.4, -0.2) is 32.6 Å². The van der Waals surface area contributed by atoms with Crippen LogP contribution in [0.1, 0.15) is 22.0 Å². The van der Waals surface area contributed by atoms with Gasteiger partial charge in [-0.1, -0.05) is 12.1 Å². The molecule has 1 amide bonds. The molecule has 3 aromatic rings. The largest absolute Gasteiger partial charge is 0.393 e. The van der Waals surface area contributed by atoms with Gasteiger partial charge in [0.25, 0.3) is 11.6 Å². The highest BCUT2D eigenvalue weighted by atomic mass is 19.1. The molecule has 0 saturated heterocycles. The topological polar surface area (TPSA) is 126 Å². The quantitative estimate of drug-likeness (QED) is 0.434. The number of hydrogen-bond acceptors (Lipinski definition) is 6. The molecule has 9 heteroatoms. The summed E-state index contributed by atoms with van der Waals surface area (Å²) < 4.78 is 12.9. The second-order valence-corrected chi connectivity index (χ2v) is 6.13. The fraction of sp³-hybridized carbons (Fsp3) is 0.100. The molecule has 0 fully saturated rings. The molecule has 1 aromatic heterocycles. The summed E-state index contributed by atoms with van der Waals surface area (Å²) in [7, 11) is 0. The van der Waals surface area contributed by atoms with Crippen molar-refractivity contribution in [2.45, 2.75) is 6.10 Å². The summed E-state index contributed by atoms with van der Waals surface area (Å²) in [4.78, 5) is 27.1. The number of aliphatic hydroxyl groups excluding tert-OH is 2. The van der Waals surface area contributed by atoms with Gasteiger partial charge in [-0.25, -0.2) is 9.37 Å². The average molecular weight is 397 g/mol. The molecular formula is C20H16FN3O5. The maximum atomic E-state index is 12.9. The summed E-state index contributed by atoms with van der Waals surface area (Å²) in [6.45, 7) is -0.587. The number of nitro groups is 1. The first kappa shape index (κ1) is 20.1. The van der Waals surface area contributed by atoms with Gasteiger partial charge in [-0.05, 0) is 36.4 Å². The zero-order chi connectivity index (χ0) is 21.0. The van der Waals surface area contributed by atoms with Crippen molar-refractivity contribution < 1.29 is 24.3 Å². The van der Waals surface area contributed by atoms with Gasteiger partial charge in [0.05, 0.1) is 11.5 Å². The van der Waals surface area contributed by atoms with Crippen LogP contribution in [0.5, 0.6) is 0 Å². The van der Waals surface area contributed by atoms with Crippen LogP contribution in [-0.2, 0) is 0 Å². The van der Waals surface area contributed by atoms with Gasteiger partial charge in [0.15, 0.2) is 0 Å². The summed E-state index contributed by atoms with van der Waals surface area (Å²) in [5.41, 5.74) is 0.982. The Morgan fingerprint density at radius 1 is 1.17 bits per heavy atom. The Balaban J connectivity index is 1.85. The van der Waals surface area contributed by atoms with Crippen molar-refractivity contribution in [3.63, 3.8) is 0 Å². The summed E-state index contributed by atoms with van der Waals surface area (Å²) in [6, 6.07) is 12.4. The van der Waals surface area contributed by atoms with Gasteiger partial charge in [-0.2, -0.15) is 0 Å². The van der Waals surface area contributed by atoms with Gasteiger partial charge in [0.1, 0.15) is 17.6 Å². The number of anilines is 1. The van der Waals surface area contributed by atoms with Gasteiger partial charge in [0.2, 0.25) is 0 Å². The van der Waals surface area contributed by atoms with Crippen molar-refractivity contribution in [1.29, 1.82) is 0 Å². The number of halogens is 1. The van der Waals surface area contributed by atoms with Crippen molar-refractivity contribution in [1.82, 2.24) is 4.98 Å². The second kappa shape index (κ2) is 8.55. The number of nitrogens with zero attached hydrogens (tertiary/aromatic N) is 2. The second-order valence-electron chi connectivity index (χ2n) is 6.13. The molecule has 0 aliphatic carbocycles. The van der Waals surface area contributed by atoms with E-state index in [2.05, 4.69) is 10.3 Å². The first-order valence-electron chi connectivity index (χ1n) is 8.49. The number of rotatable bonds is 6. The highest BCUT2D eigenvalue weighted by molar-refractivity contribution is 6.04. The number of aromatic nitrogens is 1. The van der Waals surface area contributed by atoms with Crippen LogP contribution in [0.4, 0.5) is 15.8 Å². The molecule has 0 aliphatic rings. The van der Waals surface area contributed by atoms with Crippen LogP contribution in [0.2, 0.25) is 0 Å². The molecule has 0 unspecified atom stereocenters. The zero-order valence-corrected chi connectivity index (χ0v) is 14.9. The highest BCUT2D eigenvalue weighted by Crippen LogP contribution is 2.30. The molecule has 1 heterocycles. The Morgan fingerprint density at radius 2 is 1.83 bits per heavy atom. The van der Waals surface area contributed by atoms with E-state index in [1.165, 1.54) is 54.7 Å². The molecule has 2 aromatic carbocycles. The lowest BCUT2D eigenvalue weighted by Crippen LogP contribution is -2.11. The Morgan fingerprint density at radius 3 is 2.41 bits per heavy atom. The Kier molecular flexibility index (Phi) is 5.91. The SMILES string of the molecule is O=C(Nc1ccc(F)cc1)c1ccc(-c2ncc([C@@H](O)CO)cc2[N+](=O)[O-])cc1. The summed E-state index contributed by atoms with van der Waals surface area (Å²) in [6.07, 6.45) is -0.0222. The van der Waals surface area contributed by atoms with E-state index in [1.54, 1.807) is 0 Å². The van der Waals surface area contributed by atoms with Crippen LogP contribution in [0.25, 0.3) is 11.3 Å². The minimum absolute atomic E-state index is 0.0642. The van der Waals surface area contributed by atoms with Crippen molar-refractivity contribution in [2.75, 3.05) is 11.9 Å². The number of carbonyl (C=O) groups is 1. The lowest BCUT2D eigenvalue weighted by molar-refractivity contribution is -0.384. The normalized spacial score (nSPS) is 11.7. The molecule has 0 bridgehead atoms. The molecular weight excluding hydrogens is 381 g/mol. The number of benzene rings is 2. The minimum atomic E-state index is -1.27. The molecule has 3 rings (SSSR count). The van der Waals surface area contributed by atoms with Gasteiger partial charge in [-0.3, -0.25) is 14.9 Å². The Labute approximate surface area is 164 Å². The van der Waals surface area contributed by atoms with Crippen molar-refractivity contribution in [2.24, 2.45) is 0 Å². The maximum Gasteiger partial charge on any atom is 0.295 e. The van der Waals surface area contributed by atoms with E-state index in [-0.39, 0.29) is 16.9 Å². The van der Waals surface area contributed by atoms with E-state index in [1.807, 2.05) is 0 Å². The van der Waals surface area contributed by atoms with Gasteiger partial charge >= 0.3 is 0 Å². The third-order valence-electron chi connectivity index (χ3n) is 4.17. The molecule has 8 nitrogen and oxygen atoms in total. The molecule has 0 spiro atoms. The van der Waals surface area contributed by atoms with Crippen LogP contribution < -0.4 is 5.32 Å². The Hall–Kier alpha value is -3.69. The van der Waals surface area contributed by atoms with Crippen LogP contribution in [0, 0.1) is 15.9 Å². The van der Waals surface area contributed by atoms with Gasteiger partial charge in [-0.15, -0.1) is 0 Å². The monoisotopic (exact) mass is 397 g/mol. The van der Waals surface area contributed by atoms with Crippen LogP contribution in [0.15, 0.2) is 60.8 Å². The van der Waals surface area contributed by atoms with E-state index in [0.717, 1.165) is 6.07 Å². The lowest BCUT2D eigenvalue weighted by Gasteiger charge is -2.09. The molecule has 29 heavy (non-hydrogen) atoms. The minimum Gasteiger partial charge on any atom is -0.393 e. The average Bonchev–Trinajstić information content (AvgIpc) is 2.74. The third kappa shape index (κ3) is 4.60. The number of nitrogens with one attached hydrogen (secondary N) is 1. The third-order valence-corrected chi connectivity index (χ3v) is 4.17. The standard InChI is InChI=1S/C20H16FN3O5/c21-15-5-7-16(8-6-15)23-20(27)13-3-1-12(2-4-13)19-17(24(28)29)9-14(10-22-19)18(26)11-25/h1-10,18,25-26H,11H2,(H,23,27)/t18-/m0/s1. The first-order valence-corrected chi connectivity index (χ1v) is 8.49. The fourth-order valence-corrected chi connectivity index (χ4v) is 2.63. The number of aliphatic hydroxyl groups is 2. The van der Waals surface area contributed by atoms with E-state index in [0.29, 0.717) is 16.8 Å². The number of hydrogen-bond donors (Lipinski definition) is 3. The van der Waals surface area contributed by atoms with Gasteiger partial charge < -0.3 is 15.5 Å². The predicted molar refractivity (Wildman–Crippen MR) is 103 cm³/mol. The zero-order valence-electron chi connectivity index (χ0n) is 14.9. The number of amides is 1. The molecule has 0 aliphatic heterocycles. The van der Waals surface area contributed by atoms with E-state index >= 15 is 0 Å². The Bertz CT molecular complexity index is 1040. The van der Waals surface area contributed by atoms with Crippen LogP contribution in [0.3, 0.4) is 0 Å². The maximum absolute atomic E-state index is 12.9. The van der Waals surface area contributed by atoms with Crippen molar-refractivity contribution >= 4 is 17.3 Å². The molecule has 0 saturated carbocycles. The predicted octanol–water partition coefficient (Wildman–Crippen LogP) is 3.07. The summed E-state index contributed by atoms with van der Waals surface area (Å²) in [5, 5.41) is 32.7. The van der Waals surface area contributed by atoms with Gasteiger partial charge in [0, 0.05) is 34.6 Å². The highest BCUT2D eigenvalue weighted by Gasteiger charge is 2.20. The fourth-order valence-electron chi connectivity index (χ4n) is 2.63. The molecule has 0 radical (unpaired) electrons. The summed E-state index contributed by atoms with van der Waals surface area (Å²) in [5.74, 6) is -0.842. The van der Waals surface area contributed by atoms with Crippen LogP contribution >= 0.6 is 0 Å². The first-order chi connectivity index (χ1) is 13.9. The van der Waals surface area contributed by atoms with E-state index < -0.39 is 29.4 Å². The van der Waals surface area contributed by atoms with E-state index in [9.17, 15) is 24.4 Å². The molecule has 148 valence electrons. The number of carbonyl (C=O) groups excluding carboxylic acids is 1. The molecule has 1 atom stereocenters. The van der Waals surface area contributed by atoms with Crippen molar-refractivity contribution in [3.05, 3.63) is 87.9 Å². The summed E-state index contributed by atoms with van der Waals surface area (Å²) >= 11 is 0. The number of pyridine rings is 1. The molecule has 3 N–H and O–H groups in total. The smallest absolute Gasteiger partial charge is 0.295 e. The van der Waals surface area contributed by atoms with Crippen molar-refractivity contribution in [3.8, 4) is 11.3 Å². The van der Waals surface area contributed by atoms with E-state index in [4.69, 9.17) is 5.11 Å².